The van der Waals surface area contributed by atoms with E-state index in [0.717, 1.165) is 19.1 Å². The van der Waals surface area contributed by atoms with Gasteiger partial charge in [-0.3, -0.25) is 0 Å². The van der Waals surface area contributed by atoms with Gasteiger partial charge >= 0.3 is 81.8 Å². The molecule has 56 valence electrons. The van der Waals surface area contributed by atoms with Crippen molar-refractivity contribution in [2.24, 2.45) is 0 Å². The van der Waals surface area contributed by atoms with E-state index in [4.69, 9.17) is 6.65 Å². The zero-order valence-electron chi connectivity index (χ0n) is 5.58. The maximum absolute atomic E-state index is 9.69. The van der Waals surface area contributed by atoms with E-state index in [2.05, 4.69) is 0 Å². The number of unbranched alkanes of at least 4 members (excludes halogenated alkanes) is 2. The van der Waals surface area contributed by atoms with Crippen molar-refractivity contribution in [3.05, 3.63) is 0 Å². The monoisotopic (exact) mass is 346 g/mol. The first-order chi connectivity index (χ1) is 4.83. The fourth-order valence-corrected chi connectivity index (χ4v) is 1.14. The zero-order chi connectivity index (χ0) is 8.24. The summed E-state index contributed by atoms with van der Waals surface area (Å²) >= 11 is -0.542. The second-order valence-corrected chi connectivity index (χ2v) is 3.34. The molecule has 0 unspecified atom stereocenters. The predicted octanol–water partition coefficient (Wildman–Crippen LogP) is 1.08. The Kier molecular flexibility index (Phi) is 21.8. The molecule has 0 aliphatic carbocycles. The van der Waals surface area contributed by atoms with Crippen LogP contribution in [0.3, 0.4) is 0 Å². The Hall–Kier alpha value is 0.725. The average molecular weight is 346 g/mol. The molecule has 0 aromatic carbocycles. The molecule has 0 saturated heterocycles. The third kappa shape index (κ3) is 23.3. The van der Waals surface area contributed by atoms with Gasteiger partial charge in [0.05, 0.1) is 0 Å². The SMILES string of the molecule is O=CCCC[CH2][Ta].[O]=[Ti]=[O]. The minimum absolute atomic E-state index is 0.762. The first kappa shape index (κ1) is 13.3. The van der Waals surface area contributed by atoms with Crippen LogP contribution in [0.25, 0.3) is 0 Å². The third-order valence-electron chi connectivity index (χ3n) is 0.730. The van der Waals surface area contributed by atoms with Gasteiger partial charge in [-0.2, -0.15) is 0 Å². The fraction of sp³-hybridized carbons (Fsp3) is 0.800. The molecule has 0 radical (unpaired) electrons. The number of carbonyl (C=O) groups excluding carboxylic acids is 1. The van der Waals surface area contributed by atoms with E-state index in [1.165, 1.54) is 32.1 Å². The summed E-state index contributed by atoms with van der Waals surface area (Å²) in [6, 6.07) is 0. The summed E-state index contributed by atoms with van der Waals surface area (Å²) in [5.41, 5.74) is 0. The van der Waals surface area contributed by atoms with Crippen LogP contribution in [0, 0.1) is 0 Å². The standard InChI is InChI=1S/C5H9O.2O.Ta.Ti/c1-2-3-4-5-6;;;;/h5H,1-4H2;;;;. The topological polar surface area (TPSA) is 51.2 Å². The van der Waals surface area contributed by atoms with Crippen molar-refractivity contribution in [3.63, 3.8) is 0 Å². The van der Waals surface area contributed by atoms with Crippen molar-refractivity contribution in [2.75, 3.05) is 0 Å². The molecule has 0 fully saturated rings. The number of hydrogen-bond acceptors (Lipinski definition) is 3. The van der Waals surface area contributed by atoms with Crippen molar-refractivity contribution >= 4 is 6.29 Å². The number of rotatable bonds is 4. The van der Waals surface area contributed by atoms with Crippen molar-refractivity contribution in [2.45, 2.75) is 23.9 Å². The molecule has 0 atom stereocenters. The first-order valence-corrected chi connectivity index (χ1v) is 6.42. The molecule has 0 amide bonds. The van der Waals surface area contributed by atoms with Gasteiger partial charge < -0.3 is 0 Å². The van der Waals surface area contributed by atoms with E-state index in [9.17, 15) is 4.79 Å². The molecule has 5 heteroatoms. The maximum atomic E-state index is 9.69. The Morgan fingerprint density at radius 2 is 1.80 bits per heavy atom. The van der Waals surface area contributed by atoms with Crippen LogP contribution in [0.4, 0.5) is 0 Å². The van der Waals surface area contributed by atoms with Gasteiger partial charge in [0.25, 0.3) is 0 Å². The molecule has 0 spiro atoms. The summed E-state index contributed by atoms with van der Waals surface area (Å²) in [6.45, 7) is 0. The van der Waals surface area contributed by atoms with Gasteiger partial charge in [-0.15, -0.1) is 0 Å². The molecule has 0 heterocycles. The van der Waals surface area contributed by atoms with Crippen molar-refractivity contribution in [1.29, 1.82) is 0 Å². The van der Waals surface area contributed by atoms with Crippen LogP contribution in [-0.2, 0) is 51.6 Å². The van der Waals surface area contributed by atoms with Crippen LogP contribution in [0.2, 0.25) is 4.64 Å². The molecular weight excluding hydrogens is 337 g/mol. The molecular formula is C5H9O3TaTi. The number of aldehydes is 1. The van der Waals surface area contributed by atoms with Gasteiger partial charge in [-0.1, -0.05) is 0 Å². The molecule has 0 saturated carbocycles. The Labute approximate surface area is 81.4 Å². The van der Waals surface area contributed by atoms with Gasteiger partial charge in [0, 0.05) is 0 Å². The van der Waals surface area contributed by atoms with Crippen LogP contribution in [0.5, 0.6) is 0 Å². The minimum atomic E-state index is -2.00. The summed E-state index contributed by atoms with van der Waals surface area (Å²) in [5, 5.41) is 0. The molecule has 0 aliphatic heterocycles. The van der Waals surface area contributed by atoms with Crippen molar-refractivity contribution < 1.29 is 51.6 Å². The summed E-state index contributed by atoms with van der Waals surface area (Å²) in [5.74, 6) is 0. The van der Waals surface area contributed by atoms with Gasteiger partial charge in [-0.25, -0.2) is 0 Å². The van der Waals surface area contributed by atoms with Crippen LogP contribution < -0.4 is 0 Å². The molecule has 0 aliphatic rings. The summed E-state index contributed by atoms with van der Waals surface area (Å²) < 4.78 is 18.3. The van der Waals surface area contributed by atoms with E-state index < -0.39 is 19.1 Å². The Morgan fingerprint density at radius 1 is 1.30 bits per heavy atom. The zero-order valence-corrected chi connectivity index (χ0v) is 10.4. The van der Waals surface area contributed by atoms with E-state index >= 15 is 0 Å². The molecule has 0 aromatic rings. The summed E-state index contributed by atoms with van der Waals surface area (Å²) in [7, 11) is 0. The Bertz CT molecular complexity index is 101. The summed E-state index contributed by atoms with van der Waals surface area (Å²) in [4.78, 5) is 9.69. The van der Waals surface area contributed by atoms with Crippen molar-refractivity contribution in [1.82, 2.24) is 0 Å². The number of carbonyl (C=O) groups is 1. The van der Waals surface area contributed by atoms with E-state index in [1.807, 2.05) is 0 Å². The second kappa shape index (κ2) is 16.4. The molecule has 0 bridgehead atoms. The number of hydrogen-bond donors (Lipinski definition) is 0. The molecule has 3 nitrogen and oxygen atoms in total. The predicted molar refractivity (Wildman–Crippen MR) is 26.1 cm³/mol. The Balaban J connectivity index is 0. The van der Waals surface area contributed by atoms with Crippen LogP contribution in [-0.4, -0.2) is 6.29 Å². The first-order valence-electron chi connectivity index (χ1n) is 2.87. The van der Waals surface area contributed by atoms with E-state index in [-0.39, 0.29) is 0 Å². The van der Waals surface area contributed by atoms with E-state index in [1.54, 1.807) is 0 Å². The molecule has 0 aromatic heterocycles. The average Bonchev–Trinajstić information content (AvgIpc) is 1.91. The third-order valence-corrected chi connectivity index (χ3v) is 1.87. The van der Waals surface area contributed by atoms with Crippen LogP contribution in [0.1, 0.15) is 19.3 Å². The van der Waals surface area contributed by atoms with Gasteiger partial charge in [-0.05, 0) is 0 Å². The molecule has 0 rings (SSSR count). The molecule has 10 heavy (non-hydrogen) atoms. The van der Waals surface area contributed by atoms with E-state index in [0.29, 0.717) is 0 Å². The van der Waals surface area contributed by atoms with Gasteiger partial charge in [0.1, 0.15) is 0 Å². The fourth-order valence-electron chi connectivity index (χ4n) is 0.339. The van der Waals surface area contributed by atoms with Crippen molar-refractivity contribution in [3.8, 4) is 0 Å². The molecule has 0 N–H and O–H groups in total. The Morgan fingerprint density at radius 3 is 2.10 bits per heavy atom. The van der Waals surface area contributed by atoms with Crippen LogP contribution >= 0.6 is 0 Å². The van der Waals surface area contributed by atoms with Gasteiger partial charge in [0.2, 0.25) is 0 Å². The normalized spacial score (nSPS) is 6.80. The summed E-state index contributed by atoms with van der Waals surface area (Å²) in [6.07, 6.45) is 4.10. The van der Waals surface area contributed by atoms with Crippen LogP contribution in [0.15, 0.2) is 0 Å². The quantitative estimate of drug-likeness (QED) is 0.435. The second-order valence-electron chi connectivity index (χ2n) is 1.47. The van der Waals surface area contributed by atoms with Gasteiger partial charge in [0.15, 0.2) is 0 Å².